The summed E-state index contributed by atoms with van der Waals surface area (Å²) in [5.74, 6) is -1.01. The van der Waals surface area contributed by atoms with Gasteiger partial charge in [0.1, 0.15) is 0 Å². The highest BCUT2D eigenvalue weighted by Gasteiger charge is 2.26. The molecule has 0 aliphatic carbocycles. The van der Waals surface area contributed by atoms with Crippen LogP contribution in [0.4, 0.5) is 0 Å². The average Bonchev–Trinajstić information content (AvgIpc) is 2.45. The van der Waals surface area contributed by atoms with Gasteiger partial charge in [0.15, 0.2) is 5.03 Å². The van der Waals surface area contributed by atoms with Gasteiger partial charge in [0.2, 0.25) is 5.91 Å². The summed E-state index contributed by atoms with van der Waals surface area (Å²) >= 11 is 0. The van der Waals surface area contributed by atoms with Gasteiger partial charge in [0.05, 0.1) is 5.56 Å². The zero-order valence-electron chi connectivity index (χ0n) is 13.9. The maximum Gasteiger partial charge on any atom is 0.282 e. The molecule has 23 heavy (non-hydrogen) atoms. The smallest absolute Gasteiger partial charge is 0.282 e. The largest absolute Gasteiger partial charge is 0.345 e. The number of nitrogens with zero attached hydrogens (tertiary/aromatic N) is 2. The Morgan fingerprint density at radius 1 is 1.35 bits per heavy atom. The van der Waals surface area contributed by atoms with Crippen LogP contribution in [0.3, 0.4) is 0 Å². The van der Waals surface area contributed by atoms with Crippen LogP contribution in [-0.2, 0) is 14.8 Å². The molecular weight excluding hydrogens is 318 g/mol. The van der Waals surface area contributed by atoms with E-state index in [1.165, 1.54) is 37.3 Å². The van der Waals surface area contributed by atoms with Crippen LogP contribution in [0.1, 0.15) is 43.5 Å². The van der Waals surface area contributed by atoms with Crippen LogP contribution in [0.5, 0.6) is 0 Å². The standard InChI is InChI=1S/C15H23N3O4S/c1-5-7-11(2)10-13(19)17-23(21,22)14-12(8-6-9-16-14)15(20)18(3)4/h6,8-9,11H,5,7,10H2,1-4H3,(H,17,19)/t11-/m1/s1. The summed E-state index contributed by atoms with van der Waals surface area (Å²) in [6.07, 6.45) is 3.13. The second-order valence-corrected chi connectivity index (χ2v) is 7.28. The fourth-order valence-electron chi connectivity index (χ4n) is 2.16. The Bertz CT molecular complexity index is 671. The molecule has 0 aliphatic rings. The Labute approximate surface area is 137 Å². The fourth-order valence-corrected chi connectivity index (χ4v) is 3.28. The quantitative estimate of drug-likeness (QED) is 0.809. The van der Waals surface area contributed by atoms with Crippen LogP contribution in [0.15, 0.2) is 23.4 Å². The lowest BCUT2D eigenvalue weighted by molar-refractivity contribution is -0.120. The Hall–Kier alpha value is -1.96. The minimum Gasteiger partial charge on any atom is -0.345 e. The van der Waals surface area contributed by atoms with Crippen LogP contribution in [0.25, 0.3) is 0 Å². The summed E-state index contributed by atoms with van der Waals surface area (Å²) in [6, 6.07) is 2.84. The highest BCUT2D eigenvalue weighted by Crippen LogP contribution is 2.15. The van der Waals surface area contributed by atoms with Crippen LogP contribution in [0, 0.1) is 5.92 Å². The molecule has 0 fully saturated rings. The van der Waals surface area contributed by atoms with Gasteiger partial charge >= 0.3 is 0 Å². The molecule has 2 amide bonds. The van der Waals surface area contributed by atoms with E-state index in [2.05, 4.69) is 4.98 Å². The predicted octanol–water partition coefficient (Wildman–Crippen LogP) is 1.41. The Kier molecular flexibility index (Phi) is 6.68. The van der Waals surface area contributed by atoms with Gasteiger partial charge in [0, 0.05) is 26.7 Å². The van der Waals surface area contributed by atoms with Crippen molar-refractivity contribution in [3.8, 4) is 0 Å². The first-order chi connectivity index (χ1) is 10.7. The van der Waals surface area contributed by atoms with Crippen LogP contribution in [0.2, 0.25) is 0 Å². The van der Waals surface area contributed by atoms with E-state index >= 15 is 0 Å². The first-order valence-electron chi connectivity index (χ1n) is 7.41. The highest BCUT2D eigenvalue weighted by molar-refractivity contribution is 7.90. The molecule has 0 bridgehead atoms. The molecule has 1 atom stereocenters. The van der Waals surface area contributed by atoms with Gasteiger partial charge in [-0.2, -0.15) is 8.42 Å². The first kappa shape index (κ1) is 19.1. The maximum absolute atomic E-state index is 12.4. The second kappa shape index (κ2) is 8.05. The Morgan fingerprint density at radius 2 is 2.00 bits per heavy atom. The van der Waals surface area contributed by atoms with Crippen molar-refractivity contribution in [3.63, 3.8) is 0 Å². The van der Waals surface area contributed by atoms with E-state index in [-0.39, 0.29) is 17.9 Å². The summed E-state index contributed by atoms with van der Waals surface area (Å²) in [6.45, 7) is 3.88. The van der Waals surface area contributed by atoms with E-state index in [0.29, 0.717) is 0 Å². The molecule has 8 heteroatoms. The number of hydrogen-bond donors (Lipinski definition) is 1. The molecule has 0 aliphatic heterocycles. The highest BCUT2D eigenvalue weighted by atomic mass is 32.2. The molecule has 0 saturated carbocycles. The van der Waals surface area contributed by atoms with Gasteiger partial charge in [0.25, 0.3) is 15.9 Å². The third-order valence-corrected chi connectivity index (χ3v) is 4.56. The number of carbonyl (C=O) groups is 2. The number of pyridine rings is 1. The van der Waals surface area contributed by atoms with Crippen molar-refractivity contribution in [2.75, 3.05) is 14.1 Å². The number of amides is 2. The van der Waals surface area contributed by atoms with Crippen molar-refractivity contribution in [2.24, 2.45) is 5.92 Å². The number of nitrogens with one attached hydrogen (secondary N) is 1. The fraction of sp³-hybridized carbons (Fsp3) is 0.533. The molecule has 0 saturated heterocycles. The lowest BCUT2D eigenvalue weighted by Crippen LogP contribution is -2.34. The number of rotatable bonds is 7. The van der Waals surface area contributed by atoms with Gasteiger partial charge in [-0.15, -0.1) is 0 Å². The van der Waals surface area contributed by atoms with E-state index in [4.69, 9.17) is 0 Å². The summed E-state index contributed by atoms with van der Waals surface area (Å²) in [5.41, 5.74) is -0.0700. The molecule has 0 spiro atoms. The molecule has 0 aromatic carbocycles. The third-order valence-electron chi connectivity index (χ3n) is 3.23. The normalized spacial score (nSPS) is 12.5. The number of aromatic nitrogens is 1. The van der Waals surface area contributed by atoms with E-state index in [1.54, 1.807) is 0 Å². The molecule has 0 unspecified atom stereocenters. The topological polar surface area (TPSA) is 96.4 Å². The molecular formula is C15H23N3O4S. The molecule has 1 aromatic heterocycles. The molecule has 1 heterocycles. The maximum atomic E-state index is 12.4. The van der Waals surface area contributed by atoms with Crippen molar-refractivity contribution < 1.29 is 18.0 Å². The molecule has 1 N–H and O–H groups in total. The average molecular weight is 341 g/mol. The van der Waals surface area contributed by atoms with Crippen molar-refractivity contribution >= 4 is 21.8 Å². The third kappa shape index (κ3) is 5.31. The van der Waals surface area contributed by atoms with Gasteiger partial charge in [-0.05, 0) is 18.1 Å². The zero-order valence-corrected chi connectivity index (χ0v) is 14.7. The molecule has 0 radical (unpaired) electrons. The molecule has 1 aromatic rings. The van der Waals surface area contributed by atoms with Crippen molar-refractivity contribution in [1.82, 2.24) is 14.6 Å². The van der Waals surface area contributed by atoms with Crippen molar-refractivity contribution in [2.45, 2.75) is 38.1 Å². The van der Waals surface area contributed by atoms with E-state index in [1.807, 2.05) is 18.6 Å². The lowest BCUT2D eigenvalue weighted by Gasteiger charge is -2.14. The minimum atomic E-state index is -4.19. The second-order valence-electron chi connectivity index (χ2n) is 5.68. The predicted molar refractivity (Wildman–Crippen MR) is 86.3 cm³/mol. The molecule has 1 rings (SSSR count). The SMILES string of the molecule is CCC[C@@H](C)CC(=O)NS(=O)(=O)c1ncccc1C(=O)N(C)C. The number of carbonyl (C=O) groups excluding carboxylic acids is 2. The van der Waals surface area contributed by atoms with Crippen molar-refractivity contribution in [3.05, 3.63) is 23.9 Å². The van der Waals surface area contributed by atoms with Crippen LogP contribution >= 0.6 is 0 Å². The van der Waals surface area contributed by atoms with Gasteiger partial charge in [-0.3, -0.25) is 9.59 Å². The van der Waals surface area contributed by atoms with Gasteiger partial charge < -0.3 is 4.90 Å². The number of hydrogen-bond acceptors (Lipinski definition) is 5. The monoisotopic (exact) mass is 341 g/mol. The van der Waals surface area contributed by atoms with Crippen molar-refractivity contribution in [1.29, 1.82) is 0 Å². The van der Waals surface area contributed by atoms with E-state index < -0.39 is 26.9 Å². The summed E-state index contributed by atoms with van der Waals surface area (Å²) in [5, 5.41) is -0.435. The Morgan fingerprint density at radius 3 is 2.57 bits per heavy atom. The van der Waals surface area contributed by atoms with E-state index in [0.717, 1.165) is 12.8 Å². The number of sulfonamides is 1. The van der Waals surface area contributed by atoms with E-state index in [9.17, 15) is 18.0 Å². The zero-order chi connectivity index (χ0) is 17.6. The minimum absolute atomic E-state index is 0.0700. The Balaban J connectivity index is 3.01. The first-order valence-corrected chi connectivity index (χ1v) is 8.89. The van der Waals surface area contributed by atoms with Crippen LogP contribution < -0.4 is 4.72 Å². The summed E-state index contributed by atoms with van der Waals surface area (Å²) in [4.78, 5) is 29.0. The summed E-state index contributed by atoms with van der Waals surface area (Å²) < 4.78 is 26.7. The van der Waals surface area contributed by atoms with Gasteiger partial charge in [-0.25, -0.2) is 9.71 Å². The summed E-state index contributed by atoms with van der Waals surface area (Å²) in [7, 11) is -1.17. The molecule has 7 nitrogen and oxygen atoms in total. The van der Waals surface area contributed by atoms with Crippen LogP contribution in [-0.4, -0.2) is 44.2 Å². The molecule has 128 valence electrons. The van der Waals surface area contributed by atoms with Gasteiger partial charge in [-0.1, -0.05) is 26.7 Å². The lowest BCUT2D eigenvalue weighted by atomic mass is 10.0.